The van der Waals surface area contributed by atoms with Crippen molar-refractivity contribution in [1.82, 2.24) is 20.0 Å². The van der Waals surface area contributed by atoms with E-state index in [0.717, 1.165) is 24.8 Å². The lowest BCUT2D eigenvalue weighted by atomic mass is 9.84. The van der Waals surface area contributed by atoms with Gasteiger partial charge in [-0.1, -0.05) is 48.9 Å². The summed E-state index contributed by atoms with van der Waals surface area (Å²) in [5, 5.41) is 3.24. The van der Waals surface area contributed by atoms with Gasteiger partial charge in [-0.05, 0) is 25.3 Å². The summed E-state index contributed by atoms with van der Waals surface area (Å²) in [6, 6.07) is 8.12. The number of piperazine rings is 1. The Hall–Kier alpha value is -3.00. The number of fused-ring (bicyclic) bond motifs is 1. The van der Waals surface area contributed by atoms with Crippen LogP contribution < -0.4 is 5.32 Å². The topological polar surface area (TPSA) is 90.0 Å². The average Bonchev–Trinajstić information content (AvgIpc) is 3.29. The van der Waals surface area contributed by atoms with E-state index < -0.39 is 23.9 Å². The zero-order chi connectivity index (χ0) is 23.8. The monoisotopic (exact) mass is 464 g/mol. The van der Waals surface area contributed by atoms with Crippen molar-refractivity contribution in [2.75, 3.05) is 32.7 Å². The van der Waals surface area contributed by atoms with Crippen LogP contribution in [-0.4, -0.2) is 83.1 Å². The van der Waals surface area contributed by atoms with Crippen LogP contribution in [0.3, 0.4) is 0 Å². The van der Waals surface area contributed by atoms with Crippen molar-refractivity contribution in [3.05, 3.63) is 42.0 Å². The van der Waals surface area contributed by atoms with E-state index in [2.05, 4.69) is 5.32 Å². The van der Waals surface area contributed by atoms with E-state index >= 15 is 0 Å². The van der Waals surface area contributed by atoms with Gasteiger partial charge in [0.1, 0.15) is 6.04 Å². The summed E-state index contributed by atoms with van der Waals surface area (Å²) in [4.78, 5) is 59.0. The van der Waals surface area contributed by atoms with E-state index in [0.29, 0.717) is 26.2 Å². The van der Waals surface area contributed by atoms with Crippen molar-refractivity contribution >= 4 is 29.7 Å². The maximum Gasteiger partial charge on any atom is 0.246 e. The van der Waals surface area contributed by atoms with Crippen molar-refractivity contribution in [3.63, 3.8) is 0 Å². The van der Waals surface area contributed by atoms with E-state index in [-0.39, 0.29) is 36.1 Å². The molecule has 3 heterocycles. The number of imide groups is 1. The molecule has 8 nitrogen and oxygen atoms in total. The summed E-state index contributed by atoms with van der Waals surface area (Å²) < 4.78 is 0. The maximum absolute atomic E-state index is 13.9. The fourth-order valence-electron chi connectivity index (χ4n) is 5.79. The van der Waals surface area contributed by atoms with E-state index in [1.165, 1.54) is 4.90 Å². The molecule has 0 bridgehead atoms. The molecule has 8 heteroatoms. The van der Waals surface area contributed by atoms with Gasteiger partial charge < -0.3 is 15.1 Å². The Kier molecular flexibility index (Phi) is 6.25. The Morgan fingerprint density at radius 3 is 2.29 bits per heavy atom. The molecule has 1 aliphatic carbocycles. The number of hydrogen-bond donors (Lipinski definition) is 1. The minimum Gasteiger partial charge on any atom is -0.338 e. The summed E-state index contributed by atoms with van der Waals surface area (Å²) in [7, 11) is 0. The predicted octanol–water partition coefficient (Wildman–Crippen LogP) is 1.13. The second-order valence-electron chi connectivity index (χ2n) is 9.63. The largest absolute Gasteiger partial charge is 0.338 e. The second-order valence-corrected chi connectivity index (χ2v) is 9.63. The first-order valence-corrected chi connectivity index (χ1v) is 12.4. The molecule has 34 heavy (non-hydrogen) atoms. The summed E-state index contributed by atoms with van der Waals surface area (Å²) in [6.07, 6.45) is 6.32. The Bertz CT molecular complexity index is 999. The number of carbonyl (C=O) groups excluding carboxylic acids is 4. The number of carbonyl (C=O) groups is 4. The normalized spacial score (nSPS) is 29.6. The van der Waals surface area contributed by atoms with Crippen molar-refractivity contribution in [1.29, 1.82) is 0 Å². The lowest BCUT2D eigenvalue weighted by Crippen LogP contribution is -2.58. The van der Waals surface area contributed by atoms with Crippen molar-refractivity contribution in [2.24, 2.45) is 17.8 Å². The smallest absolute Gasteiger partial charge is 0.246 e. The van der Waals surface area contributed by atoms with Crippen molar-refractivity contribution in [2.45, 2.75) is 38.3 Å². The number of benzene rings is 1. The van der Waals surface area contributed by atoms with E-state index in [1.807, 2.05) is 42.5 Å². The standard InChI is InChI=1S/C26H32N4O4/c1-2-29-24(32)20-19(12-11-17-7-4-3-5-8-17)30(23(31)18-9-6-10-18)22(21(20)25(29)33)26(34)28-15-13-27-14-16-28/h3-5,7-8,11-12,18-22,27H,2,6,9-10,13-16H2,1H3. The minimum absolute atomic E-state index is 0.0968. The quantitative estimate of drug-likeness (QED) is 0.660. The fourth-order valence-corrected chi connectivity index (χ4v) is 5.79. The van der Waals surface area contributed by atoms with E-state index in [9.17, 15) is 19.2 Å². The highest BCUT2D eigenvalue weighted by Gasteiger charge is 2.65. The number of likely N-dealkylation sites (tertiary alicyclic amines) is 2. The lowest BCUT2D eigenvalue weighted by molar-refractivity contribution is -0.153. The molecule has 5 rings (SSSR count). The van der Waals surface area contributed by atoms with Crippen molar-refractivity contribution in [3.8, 4) is 0 Å². The second kappa shape index (κ2) is 9.33. The first-order valence-electron chi connectivity index (χ1n) is 12.4. The number of nitrogens with one attached hydrogen (secondary N) is 1. The molecule has 1 aromatic carbocycles. The number of amides is 4. The van der Waals surface area contributed by atoms with Gasteiger partial charge in [-0.15, -0.1) is 0 Å². The SMILES string of the molecule is CCN1C(=O)C2C(C1=O)C(C(=O)N1CCNCC1)N(C(=O)C1CCC1)C2C=Cc1ccccc1. The molecule has 4 aliphatic rings. The third-order valence-electron chi connectivity index (χ3n) is 7.81. The van der Waals surface area contributed by atoms with Crippen LogP contribution in [0.5, 0.6) is 0 Å². The van der Waals surface area contributed by atoms with Crippen LogP contribution in [0, 0.1) is 17.8 Å². The minimum atomic E-state index is -0.936. The average molecular weight is 465 g/mol. The molecule has 0 aromatic heterocycles. The van der Waals surface area contributed by atoms with Gasteiger partial charge in [0.2, 0.25) is 23.6 Å². The molecule has 4 unspecified atom stereocenters. The van der Waals surface area contributed by atoms with Gasteiger partial charge in [-0.3, -0.25) is 24.1 Å². The predicted molar refractivity (Wildman–Crippen MR) is 126 cm³/mol. The summed E-state index contributed by atoms with van der Waals surface area (Å²) >= 11 is 0. The Morgan fingerprint density at radius 2 is 1.68 bits per heavy atom. The third-order valence-corrected chi connectivity index (χ3v) is 7.81. The molecule has 3 saturated heterocycles. The number of nitrogens with zero attached hydrogens (tertiary/aromatic N) is 3. The van der Waals surface area contributed by atoms with Gasteiger partial charge in [0.05, 0.1) is 17.9 Å². The molecule has 1 N–H and O–H groups in total. The van der Waals surface area contributed by atoms with Gasteiger partial charge in [0, 0.05) is 38.6 Å². The Labute approximate surface area is 199 Å². The molecular formula is C26H32N4O4. The third kappa shape index (κ3) is 3.74. The van der Waals surface area contributed by atoms with Gasteiger partial charge in [0.25, 0.3) is 0 Å². The molecule has 180 valence electrons. The number of hydrogen-bond acceptors (Lipinski definition) is 5. The maximum atomic E-state index is 13.9. The van der Waals surface area contributed by atoms with Crippen LogP contribution in [0.2, 0.25) is 0 Å². The summed E-state index contributed by atoms with van der Waals surface area (Å²) in [5.41, 5.74) is 0.941. The molecule has 1 aromatic rings. The highest BCUT2D eigenvalue weighted by atomic mass is 16.2. The number of rotatable bonds is 5. The first-order chi connectivity index (χ1) is 16.5. The molecular weight excluding hydrogens is 432 g/mol. The van der Waals surface area contributed by atoms with Crippen LogP contribution in [0.1, 0.15) is 31.7 Å². The summed E-state index contributed by atoms with van der Waals surface area (Å²) in [6.45, 7) is 4.45. The molecule has 0 radical (unpaired) electrons. The Balaban J connectivity index is 1.57. The molecule has 0 spiro atoms. The molecule has 4 fully saturated rings. The van der Waals surface area contributed by atoms with Crippen LogP contribution >= 0.6 is 0 Å². The van der Waals surface area contributed by atoms with Crippen LogP contribution in [0.25, 0.3) is 6.08 Å². The van der Waals surface area contributed by atoms with Crippen LogP contribution in [0.4, 0.5) is 0 Å². The Morgan fingerprint density at radius 1 is 1.00 bits per heavy atom. The zero-order valence-electron chi connectivity index (χ0n) is 19.6. The molecule has 3 aliphatic heterocycles. The summed E-state index contributed by atoms with van der Waals surface area (Å²) in [5.74, 6) is -2.61. The van der Waals surface area contributed by atoms with E-state index in [4.69, 9.17) is 0 Å². The highest BCUT2D eigenvalue weighted by Crippen LogP contribution is 2.46. The first kappa shape index (κ1) is 22.8. The van der Waals surface area contributed by atoms with Gasteiger partial charge >= 0.3 is 0 Å². The molecule has 4 atom stereocenters. The zero-order valence-corrected chi connectivity index (χ0v) is 19.6. The molecule has 1 saturated carbocycles. The van der Waals surface area contributed by atoms with E-state index in [1.54, 1.807) is 16.7 Å². The van der Waals surface area contributed by atoms with Gasteiger partial charge in [-0.25, -0.2) is 0 Å². The fraction of sp³-hybridized carbons (Fsp3) is 0.538. The van der Waals surface area contributed by atoms with Crippen molar-refractivity contribution < 1.29 is 19.2 Å². The van der Waals surface area contributed by atoms with Gasteiger partial charge in [0.15, 0.2) is 0 Å². The van der Waals surface area contributed by atoms with Gasteiger partial charge in [-0.2, -0.15) is 0 Å². The highest BCUT2D eigenvalue weighted by molar-refractivity contribution is 6.10. The lowest BCUT2D eigenvalue weighted by Gasteiger charge is -2.39. The van der Waals surface area contributed by atoms with Crippen LogP contribution in [0.15, 0.2) is 36.4 Å². The molecule has 4 amide bonds. The van der Waals surface area contributed by atoms with Crippen LogP contribution in [-0.2, 0) is 19.2 Å².